The Morgan fingerprint density at radius 1 is 1.31 bits per heavy atom. The molecule has 2 aromatic rings. The summed E-state index contributed by atoms with van der Waals surface area (Å²) in [5, 5.41) is 4.99. The number of rotatable bonds is 2. The van der Waals surface area contributed by atoms with Crippen molar-refractivity contribution in [2.75, 3.05) is 0 Å². The first-order valence-electron chi connectivity index (χ1n) is 5.15. The molecule has 0 saturated carbocycles. The quantitative estimate of drug-likeness (QED) is 0.870. The fraction of sp³-hybridized carbons (Fsp3) is 0.250. The summed E-state index contributed by atoms with van der Waals surface area (Å²) in [5.41, 5.74) is 8.71. The summed E-state index contributed by atoms with van der Waals surface area (Å²) in [6, 6.07) is 8.04. The lowest BCUT2D eigenvalue weighted by molar-refractivity contribution is 0.813. The SMILES string of the molecule is Cc1nn(-c2ccc([C@@H](C)N)cc2)cc1Cl. The first kappa shape index (κ1) is 11.2. The van der Waals surface area contributed by atoms with Crippen molar-refractivity contribution in [2.45, 2.75) is 19.9 Å². The van der Waals surface area contributed by atoms with E-state index in [1.54, 1.807) is 10.9 Å². The van der Waals surface area contributed by atoms with E-state index in [-0.39, 0.29) is 6.04 Å². The van der Waals surface area contributed by atoms with Gasteiger partial charge < -0.3 is 5.73 Å². The van der Waals surface area contributed by atoms with Crippen molar-refractivity contribution in [3.05, 3.63) is 46.7 Å². The van der Waals surface area contributed by atoms with E-state index < -0.39 is 0 Å². The number of hydrogen-bond donors (Lipinski definition) is 1. The monoisotopic (exact) mass is 235 g/mol. The molecule has 1 aromatic carbocycles. The van der Waals surface area contributed by atoms with Gasteiger partial charge in [-0.1, -0.05) is 23.7 Å². The van der Waals surface area contributed by atoms with Crippen LogP contribution >= 0.6 is 11.6 Å². The highest BCUT2D eigenvalue weighted by atomic mass is 35.5. The van der Waals surface area contributed by atoms with Crippen LogP contribution in [0.3, 0.4) is 0 Å². The van der Waals surface area contributed by atoms with Gasteiger partial charge in [0, 0.05) is 12.2 Å². The molecule has 0 radical (unpaired) electrons. The molecule has 0 spiro atoms. The fourth-order valence-electron chi connectivity index (χ4n) is 1.50. The van der Waals surface area contributed by atoms with E-state index in [0.29, 0.717) is 5.02 Å². The second-order valence-corrected chi connectivity index (χ2v) is 4.29. The summed E-state index contributed by atoms with van der Waals surface area (Å²) in [6.07, 6.45) is 1.80. The molecule has 3 nitrogen and oxygen atoms in total. The predicted octanol–water partition coefficient (Wildman–Crippen LogP) is 2.85. The molecule has 1 aromatic heterocycles. The van der Waals surface area contributed by atoms with Crippen LogP contribution in [0.25, 0.3) is 5.69 Å². The van der Waals surface area contributed by atoms with Crippen molar-refractivity contribution < 1.29 is 0 Å². The zero-order chi connectivity index (χ0) is 11.7. The minimum Gasteiger partial charge on any atom is -0.324 e. The van der Waals surface area contributed by atoms with Crippen molar-refractivity contribution in [3.63, 3.8) is 0 Å². The number of benzene rings is 1. The molecule has 0 saturated heterocycles. The van der Waals surface area contributed by atoms with Gasteiger partial charge in [0.2, 0.25) is 0 Å². The van der Waals surface area contributed by atoms with E-state index in [0.717, 1.165) is 16.9 Å². The molecular weight excluding hydrogens is 222 g/mol. The van der Waals surface area contributed by atoms with Crippen molar-refractivity contribution in [1.82, 2.24) is 9.78 Å². The molecule has 0 bridgehead atoms. The highest BCUT2D eigenvalue weighted by molar-refractivity contribution is 6.31. The van der Waals surface area contributed by atoms with Crippen LogP contribution in [0.1, 0.15) is 24.2 Å². The second-order valence-electron chi connectivity index (χ2n) is 3.89. The highest BCUT2D eigenvalue weighted by Crippen LogP contribution is 2.18. The van der Waals surface area contributed by atoms with E-state index in [9.17, 15) is 0 Å². The maximum atomic E-state index is 5.96. The molecule has 16 heavy (non-hydrogen) atoms. The standard InChI is InChI=1S/C12H14ClN3/c1-8(14)10-3-5-11(6-4-10)16-7-12(13)9(2)15-16/h3-8H,14H2,1-2H3/t8-/m1/s1. The Hall–Kier alpha value is -1.32. The van der Waals surface area contributed by atoms with Crippen LogP contribution in [0.5, 0.6) is 0 Å². The van der Waals surface area contributed by atoms with Gasteiger partial charge in [0.25, 0.3) is 0 Å². The normalized spacial score (nSPS) is 12.8. The van der Waals surface area contributed by atoms with Crippen LogP contribution in [0, 0.1) is 6.92 Å². The smallest absolute Gasteiger partial charge is 0.0819 e. The molecule has 2 rings (SSSR count). The van der Waals surface area contributed by atoms with Gasteiger partial charge in [0.05, 0.1) is 16.4 Å². The van der Waals surface area contributed by atoms with Gasteiger partial charge in [-0.25, -0.2) is 4.68 Å². The van der Waals surface area contributed by atoms with Gasteiger partial charge in [0.1, 0.15) is 0 Å². The van der Waals surface area contributed by atoms with Crippen LogP contribution in [0.15, 0.2) is 30.5 Å². The third kappa shape index (κ3) is 2.10. The number of hydrogen-bond acceptors (Lipinski definition) is 2. The first-order valence-corrected chi connectivity index (χ1v) is 5.53. The number of nitrogens with zero attached hydrogens (tertiary/aromatic N) is 2. The first-order chi connectivity index (χ1) is 7.58. The van der Waals surface area contributed by atoms with Crippen LogP contribution in [0.2, 0.25) is 5.02 Å². The van der Waals surface area contributed by atoms with Crippen LogP contribution < -0.4 is 5.73 Å². The lowest BCUT2D eigenvalue weighted by Crippen LogP contribution is -2.05. The maximum Gasteiger partial charge on any atom is 0.0819 e. The number of aryl methyl sites for hydroxylation is 1. The Labute approximate surface area is 99.8 Å². The van der Waals surface area contributed by atoms with E-state index >= 15 is 0 Å². The van der Waals surface area contributed by atoms with E-state index in [2.05, 4.69) is 5.10 Å². The summed E-state index contributed by atoms with van der Waals surface area (Å²) < 4.78 is 1.77. The largest absolute Gasteiger partial charge is 0.324 e. The molecule has 0 amide bonds. The van der Waals surface area contributed by atoms with Gasteiger partial charge in [-0.15, -0.1) is 0 Å². The van der Waals surface area contributed by atoms with Crippen LogP contribution in [-0.4, -0.2) is 9.78 Å². The minimum atomic E-state index is 0.0528. The molecule has 1 heterocycles. The molecule has 0 aliphatic heterocycles. The van der Waals surface area contributed by atoms with E-state index in [4.69, 9.17) is 17.3 Å². The van der Waals surface area contributed by atoms with Gasteiger partial charge in [0.15, 0.2) is 0 Å². The summed E-state index contributed by atoms with van der Waals surface area (Å²) in [7, 11) is 0. The van der Waals surface area contributed by atoms with Gasteiger partial charge in [-0.05, 0) is 31.5 Å². The van der Waals surface area contributed by atoms with Crippen molar-refractivity contribution >= 4 is 11.6 Å². The Morgan fingerprint density at radius 3 is 2.38 bits per heavy atom. The van der Waals surface area contributed by atoms with E-state index in [1.165, 1.54) is 0 Å². The van der Waals surface area contributed by atoms with Crippen molar-refractivity contribution in [1.29, 1.82) is 0 Å². The Morgan fingerprint density at radius 2 is 1.94 bits per heavy atom. The Balaban J connectivity index is 2.34. The fourth-order valence-corrected chi connectivity index (χ4v) is 1.63. The summed E-state index contributed by atoms with van der Waals surface area (Å²) in [4.78, 5) is 0. The molecule has 0 aliphatic carbocycles. The zero-order valence-corrected chi connectivity index (χ0v) is 10.1. The number of halogens is 1. The third-order valence-electron chi connectivity index (χ3n) is 2.52. The average Bonchev–Trinajstić information content (AvgIpc) is 2.59. The number of aromatic nitrogens is 2. The lowest BCUT2D eigenvalue weighted by Gasteiger charge is -2.06. The minimum absolute atomic E-state index is 0.0528. The maximum absolute atomic E-state index is 5.96. The van der Waals surface area contributed by atoms with Gasteiger partial charge in [-0.2, -0.15) is 5.10 Å². The van der Waals surface area contributed by atoms with Gasteiger partial charge in [-0.3, -0.25) is 0 Å². The number of nitrogens with two attached hydrogens (primary N) is 1. The molecule has 0 aliphatic rings. The van der Waals surface area contributed by atoms with Crippen molar-refractivity contribution in [3.8, 4) is 5.69 Å². The van der Waals surface area contributed by atoms with E-state index in [1.807, 2.05) is 38.1 Å². The van der Waals surface area contributed by atoms with Crippen LogP contribution in [-0.2, 0) is 0 Å². The lowest BCUT2D eigenvalue weighted by atomic mass is 10.1. The summed E-state index contributed by atoms with van der Waals surface area (Å²) in [5.74, 6) is 0. The molecule has 1 atom stereocenters. The molecule has 84 valence electrons. The third-order valence-corrected chi connectivity index (χ3v) is 2.89. The Kier molecular flexibility index (Phi) is 2.99. The van der Waals surface area contributed by atoms with Crippen molar-refractivity contribution in [2.24, 2.45) is 5.73 Å². The molecular formula is C12H14ClN3. The van der Waals surface area contributed by atoms with Gasteiger partial charge >= 0.3 is 0 Å². The predicted molar refractivity (Wildman–Crippen MR) is 65.9 cm³/mol. The molecule has 0 unspecified atom stereocenters. The highest BCUT2D eigenvalue weighted by Gasteiger charge is 2.04. The summed E-state index contributed by atoms with van der Waals surface area (Å²) >= 11 is 5.96. The topological polar surface area (TPSA) is 43.8 Å². The molecule has 2 N–H and O–H groups in total. The zero-order valence-electron chi connectivity index (χ0n) is 9.31. The van der Waals surface area contributed by atoms with Crippen LogP contribution in [0.4, 0.5) is 0 Å². The average molecular weight is 236 g/mol. The summed E-state index contributed by atoms with van der Waals surface area (Å²) in [6.45, 7) is 3.85. The molecule has 4 heteroatoms. The Bertz CT molecular complexity index is 466. The molecule has 0 fully saturated rings. The second kappa shape index (κ2) is 4.28.